The van der Waals surface area contributed by atoms with Gasteiger partial charge in [0.25, 0.3) is 0 Å². The first-order valence-corrected chi connectivity index (χ1v) is 7.71. The molecule has 0 amide bonds. The van der Waals surface area contributed by atoms with E-state index in [1.54, 1.807) is 39.0 Å². The van der Waals surface area contributed by atoms with E-state index in [1.807, 2.05) is 6.07 Å². The van der Waals surface area contributed by atoms with E-state index in [0.29, 0.717) is 11.3 Å². The fourth-order valence-corrected chi connectivity index (χ4v) is 2.82. The number of carbonyl (C=O) groups excluding carboxylic acids is 1. The van der Waals surface area contributed by atoms with Gasteiger partial charge in [-0.2, -0.15) is 0 Å². The SMILES string of the molecule is CC(=O)CCCc1cccc(S(=O)(=O)C(C)C)c1. The maximum absolute atomic E-state index is 12.0. The van der Waals surface area contributed by atoms with E-state index in [0.717, 1.165) is 18.4 Å². The number of Topliss-reactive ketones (excluding diaryl/α,β-unsaturated/α-hetero) is 1. The zero-order chi connectivity index (χ0) is 13.8. The second-order valence-corrected chi connectivity index (χ2v) is 7.30. The van der Waals surface area contributed by atoms with Gasteiger partial charge in [-0.25, -0.2) is 8.42 Å². The number of benzene rings is 1. The molecular formula is C14H20O3S. The summed E-state index contributed by atoms with van der Waals surface area (Å²) in [5.74, 6) is 0.168. The molecule has 18 heavy (non-hydrogen) atoms. The van der Waals surface area contributed by atoms with Crippen LogP contribution in [0.25, 0.3) is 0 Å². The summed E-state index contributed by atoms with van der Waals surface area (Å²) < 4.78 is 24.0. The Morgan fingerprint density at radius 2 is 1.94 bits per heavy atom. The van der Waals surface area contributed by atoms with Crippen molar-refractivity contribution in [3.8, 4) is 0 Å². The molecule has 0 heterocycles. The minimum atomic E-state index is -3.21. The van der Waals surface area contributed by atoms with E-state index >= 15 is 0 Å². The Morgan fingerprint density at radius 1 is 1.28 bits per heavy atom. The van der Waals surface area contributed by atoms with Crippen LogP contribution in [0, 0.1) is 0 Å². The van der Waals surface area contributed by atoms with Crippen LogP contribution in [-0.4, -0.2) is 19.5 Å². The molecule has 0 spiro atoms. The largest absolute Gasteiger partial charge is 0.300 e. The van der Waals surface area contributed by atoms with Crippen molar-refractivity contribution in [3.63, 3.8) is 0 Å². The van der Waals surface area contributed by atoms with Crippen molar-refractivity contribution in [3.05, 3.63) is 29.8 Å². The average molecular weight is 268 g/mol. The minimum Gasteiger partial charge on any atom is -0.300 e. The standard InChI is InChI=1S/C14H20O3S/c1-11(2)18(16,17)14-9-5-8-13(10-14)7-4-6-12(3)15/h5,8-11H,4,6-7H2,1-3H3. The molecule has 0 aromatic heterocycles. The van der Waals surface area contributed by atoms with Crippen LogP contribution < -0.4 is 0 Å². The number of ketones is 1. The monoisotopic (exact) mass is 268 g/mol. The zero-order valence-electron chi connectivity index (χ0n) is 11.1. The van der Waals surface area contributed by atoms with Crippen LogP contribution in [0.1, 0.15) is 39.2 Å². The molecule has 0 saturated carbocycles. The molecule has 0 radical (unpaired) electrons. The summed E-state index contributed by atoms with van der Waals surface area (Å²) in [5.41, 5.74) is 0.970. The highest BCUT2D eigenvalue weighted by atomic mass is 32.2. The lowest BCUT2D eigenvalue weighted by molar-refractivity contribution is -0.117. The van der Waals surface area contributed by atoms with Crippen molar-refractivity contribution < 1.29 is 13.2 Å². The van der Waals surface area contributed by atoms with Crippen molar-refractivity contribution in [2.75, 3.05) is 0 Å². The number of sulfone groups is 1. The molecule has 0 aliphatic rings. The van der Waals surface area contributed by atoms with Gasteiger partial charge in [0.2, 0.25) is 0 Å². The van der Waals surface area contributed by atoms with Crippen LogP contribution in [0.15, 0.2) is 29.2 Å². The zero-order valence-corrected chi connectivity index (χ0v) is 12.0. The summed E-state index contributed by atoms with van der Waals surface area (Å²) in [6.45, 7) is 4.93. The van der Waals surface area contributed by atoms with E-state index in [-0.39, 0.29) is 5.78 Å². The Labute approximate surface area is 109 Å². The Morgan fingerprint density at radius 3 is 2.50 bits per heavy atom. The van der Waals surface area contributed by atoms with Gasteiger partial charge >= 0.3 is 0 Å². The first-order valence-electron chi connectivity index (χ1n) is 6.16. The van der Waals surface area contributed by atoms with E-state index in [4.69, 9.17) is 0 Å². The van der Waals surface area contributed by atoms with Gasteiger partial charge in [-0.3, -0.25) is 0 Å². The normalized spacial score (nSPS) is 11.8. The van der Waals surface area contributed by atoms with Crippen LogP contribution in [-0.2, 0) is 21.1 Å². The molecule has 1 aromatic carbocycles. The Bertz CT molecular complexity index is 516. The lowest BCUT2D eigenvalue weighted by Crippen LogP contribution is -2.14. The van der Waals surface area contributed by atoms with Gasteiger partial charge in [-0.15, -0.1) is 0 Å². The summed E-state index contributed by atoms with van der Waals surface area (Å²) in [7, 11) is -3.21. The third kappa shape index (κ3) is 3.95. The molecule has 1 rings (SSSR count). The summed E-state index contributed by atoms with van der Waals surface area (Å²) in [6, 6.07) is 7.01. The molecule has 0 aliphatic carbocycles. The van der Waals surface area contributed by atoms with Crippen molar-refractivity contribution in [1.29, 1.82) is 0 Å². The van der Waals surface area contributed by atoms with Crippen LogP contribution in [0.2, 0.25) is 0 Å². The highest BCUT2D eigenvalue weighted by Crippen LogP contribution is 2.18. The molecule has 0 aliphatic heterocycles. The number of hydrogen-bond donors (Lipinski definition) is 0. The van der Waals surface area contributed by atoms with Gasteiger partial charge in [-0.05, 0) is 51.3 Å². The summed E-state index contributed by atoms with van der Waals surface area (Å²) >= 11 is 0. The molecular weight excluding hydrogens is 248 g/mol. The fraction of sp³-hybridized carbons (Fsp3) is 0.500. The summed E-state index contributed by atoms with van der Waals surface area (Å²) in [5, 5.41) is -0.412. The maximum Gasteiger partial charge on any atom is 0.180 e. The first-order chi connectivity index (χ1) is 8.34. The molecule has 0 bridgehead atoms. The van der Waals surface area contributed by atoms with Crippen LogP contribution >= 0.6 is 0 Å². The van der Waals surface area contributed by atoms with Gasteiger partial charge in [0, 0.05) is 6.42 Å². The second kappa shape index (κ2) is 6.14. The van der Waals surface area contributed by atoms with Crippen molar-refractivity contribution in [1.82, 2.24) is 0 Å². The predicted molar refractivity (Wildman–Crippen MR) is 72.4 cm³/mol. The van der Waals surface area contributed by atoms with Gasteiger partial charge in [-0.1, -0.05) is 12.1 Å². The topological polar surface area (TPSA) is 51.2 Å². The molecule has 0 atom stereocenters. The Hall–Kier alpha value is -1.16. The first kappa shape index (κ1) is 14.9. The van der Waals surface area contributed by atoms with Gasteiger partial charge in [0.15, 0.2) is 9.84 Å². The summed E-state index contributed by atoms with van der Waals surface area (Å²) in [4.78, 5) is 11.2. The summed E-state index contributed by atoms with van der Waals surface area (Å²) in [6.07, 6.45) is 2.04. The molecule has 100 valence electrons. The molecule has 4 heteroatoms. The van der Waals surface area contributed by atoms with Gasteiger partial charge < -0.3 is 4.79 Å². The lowest BCUT2D eigenvalue weighted by Gasteiger charge is -2.09. The molecule has 0 N–H and O–H groups in total. The van der Waals surface area contributed by atoms with E-state index in [1.165, 1.54) is 0 Å². The smallest absolute Gasteiger partial charge is 0.180 e. The third-order valence-electron chi connectivity index (χ3n) is 2.84. The predicted octanol–water partition coefficient (Wildman–Crippen LogP) is 2.78. The van der Waals surface area contributed by atoms with E-state index < -0.39 is 15.1 Å². The molecule has 0 saturated heterocycles. The minimum absolute atomic E-state index is 0.168. The van der Waals surface area contributed by atoms with Crippen LogP contribution in [0.4, 0.5) is 0 Å². The number of carbonyl (C=O) groups is 1. The molecule has 1 aromatic rings. The Balaban J connectivity index is 2.83. The lowest BCUT2D eigenvalue weighted by atomic mass is 10.1. The van der Waals surface area contributed by atoms with Crippen LogP contribution in [0.3, 0.4) is 0 Å². The quantitative estimate of drug-likeness (QED) is 0.797. The molecule has 0 unspecified atom stereocenters. The highest BCUT2D eigenvalue weighted by molar-refractivity contribution is 7.92. The van der Waals surface area contributed by atoms with Crippen molar-refractivity contribution in [2.24, 2.45) is 0 Å². The van der Waals surface area contributed by atoms with Gasteiger partial charge in [0.05, 0.1) is 10.1 Å². The molecule has 3 nitrogen and oxygen atoms in total. The Kier molecular flexibility index (Phi) is 5.08. The third-order valence-corrected chi connectivity index (χ3v) is 4.99. The number of aryl methyl sites for hydroxylation is 1. The number of hydrogen-bond acceptors (Lipinski definition) is 3. The van der Waals surface area contributed by atoms with Crippen molar-refractivity contribution >= 4 is 15.6 Å². The fourth-order valence-electron chi connectivity index (χ4n) is 1.69. The van der Waals surface area contributed by atoms with Crippen molar-refractivity contribution in [2.45, 2.75) is 50.2 Å². The average Bonchev–Trinajstić information content (AvgIpc) is 2.28. The van der Waals surface area contributed by atoms with Crippen LogP contribution in [0.5, 0.6) is 0 Å². The highest BCUT2D eigenvalue weighted by Gasteiger charge is 2.18. The molecule has 0 fully saturated rings. The van der Waals surface area contributed by atoms with Gasteiger partial charge in [0.1, 0.15) is 5.78 Å². The maximum atomic E-state index is 12.0. The van der Waals surface area contributed by atoms with E-state index in [2.05, 4.69) is 0 Å². The van der Waals surface area contributed by atoms with E-state index in [9.17, 15) is 13.2 Å². The number of rotatable bonds is 6. The second-order valence-electron chi connectivity index (χ2n) is 4.80.